The van der Waals surface area contributed by atoms with Gasteiger partial charge in [-0.25, -0.2) is 4.68 Å². The molecule has 2 heterocycles. The first-order valence-electron chi connectivity index (χ1n) is 5.57. The number of amides is 1. The molecule has 2 aromatic heterocycles. The van der Waals surface area contributed by atoms with E-state index in [0.717, 1.165) is 10.7 Å². The Kier molecular flexibility index (Phi) is 3.77. The van der Waals surface area contributed by atoms with Gasteiger partial charge in [-0.2, -0.15) is 22.0 Å². The summed E-state index contributed by atoms with van der Waals surface area (Å²) in [6.45, 7) is 0. The number of halogens is 5. The molecule has 0 atom stereocenters. The molecule has 2 rings (SSSR count). The fourth-order valence-corrected chi connectivity index (χ4v) is 1.37. The number of aromatic nitrogens is 5. The van der Waals surface area contributed by atoms with Crippen molar-refractivity contribution in [3.8, 4) is 0 Å². The maximum atomic E-state index is 13.0. The van der Waals surface area contributed by atoms with E-state index in [1.54, 1.807) is 0 Å². The van der Waals surface area contributed by atoms with Crippen LogP contribution >= 0.6 is 0 Å². The Morgan fingerprint density at radius 2 is 1.91 bits per heavy atom. The lowest BCUT2D eigenvalue weighted by Crippen LogP contribution is -2.34. The van der Waals surface area contributed by atoms with Crippen LogP contribution in [0.5, 0.6) is 0 Å². The SMILES string of the molecule is Cn1nnnc1NC(=O)c1ccc(C(F)(F)C(F)(F)F)nc1. The van der Waals surface area contributed by atoms with E-state index in [0.29, 0.717) is 12.3 Å². The topological polar surface area (TPSA) is 85.6 Å². The molecule has 0 aliphatic heterocycles. The Labute approximate surface area is 119 Å². The van der Waals surface area contributed by atoms with Crippen molar-refractivity contribution in [1.82, 2.24) is 25.2 Å². The van der Waals surface area contributed by atoms with Crippen LogP contribution in [0.25, 0.3) is 0 Å². The molecular weight excluding hydrogens is 315 g/mol. The van der Waals surface area contributed by atoms with Gasteiger partial charge in [0.15, 0.2) is 0 Å². The quantitative estimate of drug-likeness (QED) is 0.866. The molecule has 1 amide bonds. The number of hydrogen-bond acceptors (Lipinski definition) is 5. The molecule has 0 fully saturated rings. The van der Waals surface area contributed by atoms with Crippen molar-refractivity contribution in [2.75, 3.05) is 5.32 Å². The van der Waals surface area contributed by atoms with Crippen LogP contribution in [-0.4, -0.2) is 37.3 Å². The summed E-state index contributed by atoms with van der Waals surface area (Å²) in [5.41, 5.74) is -1.73. The number of rotatable bonds is 3. The van der Waals surface area contributed by atoms with Crippen molar-refractivity contribution in [2.45, 2.75) is 12.1 Å². The van der Waals surface area contributed by atoms with Gasteiger partial charge in [0, 0.05) is 13.2 Å². The van der Waals surface area contributed by atoms with Crippen LogP contribution in [0.4, 0.5) is 27.9 Å². The lowest BCUT2D eigenvalue weighted by atomic mass is 10.1. The number of tetrazole rings is 1. The van der Waals surface area contributed by atoms with Crippen molar-refractivity contribution in [1.29, 1.82) is 0 Å². The summed E-state index contributed by atoms with van der Waals surface area (Å²) in [5.74, 6) is -5.95. The van der Waals surface area contributed by atoms with Gasteiger partial charge >= 0.3 is 12.1 Å². The minimum atomic E-state index is -5.77. The van der Waals surface area contributed by atoms with Crippen molar-refractivity contribution in [3.05, 3.63) is 29.6 Å². The molecule has 0 bridgehead atoms. The third kappa shape index (κ3) is 2.84. The van der Waals surface area contributed by atoms with Gasteiger partial charge < -0.3 is 0 Å². The van der Waals surface area contributed by atoms with Crippen molar-refractivity contribution in [2.24, 2.45) is 7.05 Å². The number of carbonyl (C=O) groups excluding carboxylic acids is 1. The molecule has 0 spiro atoms. The normalized spacial score (nSPS) is 12.3. The Hall–Kier alpha value is -2.66. The summed E-state index contributed by atoms with van der Waals surface area (Å²) in [7, 11) is 1.43. The first-order valence-corrected chi connectivity index (χ1v) is 5.57. The summed E-state index contributed by atoms with van der Waals surface area (Å²) in [6, 6.07) is 1.22. The number of hydrogen-bond donors (Lipinski definition) is 1. The van der Waals surface area contributed by atoms with Gasteiger partial charge in [0.05, 0.1) is 5.56 Å². The van der Waals surface area contributed by atoms with Crippen LogP contribution in [0.15, 0.2) is 18.3 Å². The number of alkyl halides is 5. The molecular formula is C10H7F5N6O. The molecule has 7 nitrogen and oxygen atoms in total. The summed E-state index contributed by atoms with van der Waals surface area (Å²) < 4.78 is 63.7. The standard InChI is InChI=1S/C10H7F5N6O/c1-21-8(18-19-20-21)17-7(22)5-2-3-6(16-4-5)9(11,12)10(13,14)15/h2-4H,1H3,(H,17,18,20,22). The van der Waals surface area contributed by atoms with Crippen LogP contribution < -0.4 is 5.32 Å². The molecule has 12 heteroatoms. The Morgan fingerprint density at radius 1 is 1.23 bits per heavy atom. The average Bonchev–Trinajstić information content (AvgIpc) is 2.83. The molecule has 2 aromatic rings. The zero-order valence-electron chi connectivity index (χ0n) is 10.8. The van der Waals surface area contributed by atoms with Crippen LogP contribution in [-0.2, 0) is 13.0 Å². The van der Waals surface area contributed by atoms with E-state index < -0.39 is 23.7 Å². The molecule has 0 saturated heterocycles. The van der Waals surface area contributed by atoms with Gasteiger partial charge in [0.2, 0.25) is 5.95 Å². The molecule has 0 unspecified atom stereocenters. The molecule has 1 N–H and O–H groups in total. The third-order valence-electron chi connectivity index (χ3n) is 2.55. The predicted octanol–water partition coefficient (Wildman–Crippen LogP) is 1.51. The Balaban J connectivity index is 2.19. The van der Waals surface area contributed by atoms with E-state index in [2.05, 4.69) is 25.8 Å². The highest BCUT2D eigenvalue weighted by atomic mass is 19.4. The largest absolute Gasteiger partial charge is 0.459 e. The number of anilines is 1. The minimum absolute atomic E-state index is 0.0327. The lowest BCUT2D eigenvalue weighted by Gasteiger charge is -2.18. The van der Waals surface area contributed by atoms with Gasteiger partial charge in [-0.1, -0.05) is 5.10 Å². The van der Waals surface area contributed by atoms with Crippen molar-refractivity contribution in [3.63, 3.8) is 0 Å². The highest BCUT2D eigenvalue weighted by molar-refractivity contribution is 6.03. The van der Waals surface area contributed by atoms with Gasteiger partial charge in [0.25, 0.3) is 5.91 Å². The van der Waals surface area contributed by atoms with Gasteiger partial charge in [-0.15, -0.1) is 0 Å². The molecule has 118 valence electrons. The summed E-state index contributed by atoms with van der Waals surface area (Å²) >= 11 is 0. The number of aryl methyl sites for hydroxylation is 1. The fraction of sp³-hybridized carbons (Fsp3) is 0.300. The molecule has 0 aromatic carbocycles. The van der Waals surface area contributed by atoms with Crippen LogP contribution in [0, 0.1) is 0 Å². The second-order valence-corrected chi connectivity index (χ2v) is 4.08. The monoisotopic (exact) mass is 322 g/mol. The fourth-order valence-electron chi connectivity index (χ4n) is 1.37. The van der Waals surface area contributed by atoms with E-state index in [9.17, 15) is 26.7 Å². The summed E-state index contributed by atoms with van der Waals surface area (Å²) in [6.07, 6.45) is -5.16. The first-order chi connectivity index (χ1) is 10.1. The van der Waals surface area contributed by atoms with Crippen LogP contribution in [0.3, 0.4) is 0 Å². The molecule has 0 aliphatic rings. The summed E-state index contributed by atoms with van der Waals surface area (Å²) in [4.78, 5) is 14.8. The van der Waals surface area contributed by atoms with E-state index in [-0.39, 0.29) is 11.5 Å². The van der Waals surface area contributed by atoms with E-state index in [1.807, 2.05) is 0 Å². The first kappa shape index (κ1) is 15.7. The smallest absolute Gasteiger partial charge is 0.289 e. The Morgan fingerprint density at radius 3 is 2.36 bits per heavy atom. The molecule has 0 radical (unpaired) electrons. The zero-order valence-corrected chi connectivity index (χ0v) is 10.8. The van der Waals surface area contributed by atoms with Crippen LogP contribution in [0.2, 0.25) is 0 Å². The second kappa shape index (κ2) is 5.27. The van der Waals surface area contributed by atoms with Crippen molar-refractivity contribution < 1.29 is 26.7 Å². The number of nitrogens with zero attached hydrogens (tertiary/aromatic N) is 5. The van der Waals surface area contributed by atoms with Gasteiger partial charge in [0.1, 0.15) is 5.69 Å². The van der Waals surface area contributed by atoms with E-state index >= 15 is 0 Å². The maximum absolute atomic E-state index is 13.0. The second-order valence-electron chi connectivity index (χ2n) is 4.08. The Bertz CT molecular complexity index is 680. The highest BCUT2D eigenvalue weighted by Crippen LogP contribution is 2.42. The third-order valence-corrected chi connectivity index (χ3v) is 2.55. The molecule has 0 saturated carbocycles. The average molecular weight is 322 g/mol. The predicted molar refractivity (Wildman–Crippen MR) is 60.9 cm³/mol. The van der Waals surface area contributed by atoms with E-state index in [1.165, 1.54) is 7.05 Å². The lowest BCUT2D eigenvalue weighted by molar-refractivity contribution is -0.290. The zero-order chi connectivity index (χ0) is 16.5. The highest BCUT2D eigenvalue weighted by Gasteiger charge is 2.59. The minimum Gasteiger partial charge on any atom is -0.289 e. The number of carbonyl (C=O) groups is 1. The molecule has 22 heavy (non-hydrogen) atoms. The summed E-state index contributed by atoms with van der Waals surface area (Å²) in [5, 5.41) is 12.4. The van der Waals surface area contributed by atoms with Gasteiger partial charge in [-0.3, -0.25) is 15.1 Å². The van der Waals surface area contributed by atoms with Gasteiger partial charge in [-0.05, 0) is 22.6 Å². The van der Waals surface area contributed by atoms with Crippen LogP contribution in [0.1, 0.15) is 16.1 Å². The van der Waals surface area contributed by atoms with E-state index in [4.69, 9.17) is 0 Å². The molecule has 0 aliphatic carbocycles. The number of nitrogens with one attached hydrogen (secondary N) is 1. The maximum Gasteiger partial charge on any atom is 0.459 e. The number of pyridine rings is 1. The van der Waals surface area contributed by atoms with Crippen molar-refractivity contribution >= 4 is 11.9 Å².